The molecule has 0 aliphatic carbocycles. The molecule has 0 unspecified atom stereocenters. The number of nitrogens with two attached hydrogens (primary N) is 1. The zero-order chi connectivity index (χ0) is 19.5. The van der Waals surface area contributed by atoms with Crippen molar-refractivity contribution in [2.45, 2.75) is 25.2 Å². The van der Waals surface area contributed by atoms with Crippen LogP contribution in [0.3, 0.4) is 0 Å². The summed E-state index contributed by atoms with van der Waals surface area (Å²) in [6.07, 6.45) is -5.31. The normalized spacial score (nSPS) is 13.1. The van der Waals surface area contributed by atoms with Crippen LogP contribution >= 0.6 is 11.6 Å². The lowest BCUT2D eigenvalue weighted by molar-refractivity contribution is -0.153. The van der Waals surface area contributed by atoms with Gasteiger partial charge in [-0.25, -0.2) is 4.98 Å². The molecule has 0 saturated heterocycles. The van der Waals surface area contributed by atoms with Crippen molar-refractivity contribution in [3.8, 4) is 11.4 Å². The predicted octanol–water partition coefficient (Wildman–Crippen LogP) is 3.06. The van der Waals surface area contributed by atoms with E-state index in [4.69, 9.17) is 17.3 Å². The molecule has 12 heteroatoms. The first-order valence-electron chi connectivity index (χ1n) is 7.15. The smallest absolute Gasteiger partial charge is 0.354 e. The third-order valence-corrected chi connectivity index (χ3v) is 3.63. The highest BCUT2D eigenvalue weighted by molar-refractivity contribution is 6.33. The summed E-state index contributed by atoms with van der Waals surface area (Å²) in [7, 11) is 0. The van der Waals surface area contributed by atoms with Crippen molar-refractivity contribution in [2.24, 2.45) is 5.73 Å². The van der Waals surface area contributed by atoms with E-state index in [2.05, 4.69) is 15.4 Å². The van der Waals surface area contributed by atoms with Crippen molar-refractivity contribution in [2.75, 3.05) is 6.54 Å². The second-order valence-electron chi connectivity index (χ2n) is 5.25. The number of carbonyl (C=O) groups excluding carboxylic acids is 1. The molecule has 26 heavy (non-hydrogen) atoms. The number of hydrogen-bond donors (Lipinski definition) is 2. The first-order chi connectivity index (χ1) is 12.1. The number of alkyl halides is 5. The maximum absolute atomic E-state index is 12.9. The molecule has 142 valence electrons. The van der Waals surface area contributed by atoms with Crippen molar-refractivity contribution in [1.82, 2.24) is 20.1 Å². The van der Waals surface area contributed by atoms with E-state index in [1.807, 2.05) is 0 Å². The van der Waals surface area contributed by atoms with Crippen molar-refractivity contribution in [3.63, 3.8) is 0 Å². The molecule has 0 aliphatic heterocycles. The minimum absolute atomic E-state index is 0.108. The van der Waals surface area contributed by atoms with Crippen LogP contribution in [0.5, 0.6) is 0 Å². The molecule has 0 fully saturated rings. The van der Waals surface area contributed by atoms with Crippen LogP contribution in [0, 0.1) is 0 Å². The Labute approximate surface area is 149 Å². The van der Waals surface area contributed by atoms with Gasteiger partial charge in [0.1, 0.15) is 12.7 Å². The summed E-state index contributed by atoms with van der Waals surface area (Å²) in [5.74, 6) is -1.42. The molecule has 0 radical (unpaired) electrons. The molecule has 0 bridgehead atoms. The molecular weight excluding hydrogens is 385 g/mol. The first-order valence-corrected chi connectivity index (χ1v) is 7.53. The zero-order valence-corrected chi connectivity index (χ0v) is 13.7. The highest BCUT2D eigenvalue weighted by atomic mass is 35.5. The lowest BCUT2D eigenvalue weighted by atomic mass is 10.0. The Morgan fingerprint density at radius 3 is 2.65 bits per heavy atom. The Kier molecular flexibility index (Phi) is 6.13. The molecule has 0 spiro atoms. The molecule has 6 nitrogen and oxygen atoms in total. The average Bonchev–Trinajstić information content (AvgIpc) is 3.01. The van der Waals surface area contributed by atoms with Crippen LogP contribution in [0.1, 0.15) is 24.6 Å². The lowest BCUT2D eigenvalue weighted by Crippen LogP contribution is -2.34. The average molecular weight is 398 g/mol. The van der Waals surface area contributed by atoms with Gasteiger partial charge in [-0.3, -0.25) is 4.79 Å². The van der Waals surface area contributed by atoms with Crippen molar-refractivity contribution >= 4 is 17.5 Å². The maximum atomic E-state index is 12.9. The number of halogens is 6. The minimum Gasteiger partial charge on any atom is -0.354 e. The summed E-state index contributed by atoms with van der Waals surface area (Å²) in [5.41, 5.74) is 6.33. The second-order valence-corrected chi connectivity index (χ2v) is 5.65. The van der Waals surface area contributed by atoms with E-state index in [0.29, 0.717) is 10.2 Å². The minimum atomic E-state index is -4.62. The highest BCUT2D eigenvalue weighted by Crippen LogP contribution is 2.30. The number of rotatable bonds is 6. The van der Waals surface area contributed by atoms with Gasteiger partial charge in [0.15, 0.2) is 5.82 Å². The summed E-state index contributed by atoms with van der Waals surface area (Å²) in [6.45, 7) is -3.22. The van der Waals surface area contributed by atoms with E-state index in [0.717, 1.165) is 6.33 Å². The van der Waals surface area contributed by atoms with Gasteiger partial charge < -0.3 is 11.1 Å². The Hall–Kier alpha value is -2.27. The topological polar surface area (TPSA) is 85.8 Å². The number of nitrogens with one attached hydrogen (secondary N) is 1. The lowest BCUT2D eigenvalue weighted by Gasteiger charge is -2.16. The second kappa shape index (κ2) is 7.96. The third kappa shape index (κ3) is 5.11. The van der Waals surface area contributed by atoms with Gasteiger partial charge >= 0.3 is 12.7 Å². The fourth-order valence-electron chi connectivity index (χ4n) is 2.12. The quantitative estimate of drug-likeness (QED) is 0.734. The third-order valence-electron chi connectivity index (χ3n) is 3.30. The van der Waals surface area contributed by atoms with Crippen LogP contribution in [0.15, 0.2) is 24.5 Å². The Morgan fingerprint density at radius 2 is 2.04 bits per heavy atom. The monoisotopic (exact) mass is 397 g/mol. The number of benzene rings is 1. The summed E-state index contributed by atoms with van der Waals surface area (Å²) >= 11 is 6.01. The van der Waals surface area contributed by atoms with E-state index in [9.17, 15) is 26.7 Å². The van der Waals surface area contributed by atoms with E-state index in [1.54, 1.807) is 0 Å². The molecule has 1 heterocycles. The van der Waals surface area contributed by atoms with Gasteiger partial charge in [-0.2, -0.15) is 31.7 Å². The number of nitrogens with zero attached hydrogens (tertiary/aromatic N) is 3. The Morgan fingerprint density at radius 1 is 1.35 bits per heavy atom. The molecule has 2 rings (SSSR count). The van der Waals surface area contributed by atoms with Gasteiger partial charge in [-0.1, -0.05) is 17.7 Å². The molecule has 0 saturated carbocycles. The molecule has 3 N–H and O–H groups in total. The van der Waals surface area contributed by atoms with Crippen LogP contribution in [-0.4, -0.2) is 33.4 Å². The van der Waals surface area contributed by atoms with Crippen LogP contribution in [0.25, 0.3) is 11.4 Å². The van der Waals surface area contributed by atoms with Crippen LogP contribution in [-0.2, 0) is 4.79 Å². The highest BCUT2D eigenvalue weighted by Gasteiger charge is 2.31. The molecule has 1 aromatic heterocycles. The predicted molar refractivity (Wildman–Crippen MR) is 82.3 cm³/mol. The van der Waals surface area contributed by atoms with Gasteiger partial charge in [0.05, 0.1) is 5.02 Å². The Bertz CT molecular complexity index is 779. The number of carbonyl (C=O) groups is 1. The van der Waals surface area contributed by atoms with Gasteiger partial charge in [-0.05, 0) is 17.7 Å². The van der Waals surface area contributed by atoms with Crippen molar-refractivity contribution in [1.29, 1.82) is 0 Å². The molecule has 1 atom stereocenters. The van der Waals surface area contributed by atoms with E-state index in [-0.39, 0.29) is 23.0 Å². The first kappa shape index (κ1) is 20.0. The van der Waals surface area contributed by atoms with Crippen LogP contribution < -0.4 is 11.1 Å². The van der Waals surface area contributed by atoms with E-state index >= 15 is 0 Å². The summed E-state index contributed by atoms with van der Waals surface area (Å²) in [6, 6.07) is 3.33. The summed E-state index contributed by atoms with van der Waals surface area (Å²) in [4.78, 5) is 14.9. The maximum Gasteiger partial charge on any atom is 0.397 e. The van der Waals surface area contributed by atoms with Crippen molar-refractivity contribution < 1.29 is 26.7 Å². The van der Waals surface area contributed by atoms with Crippen LogP contribution in [0.2, 0.25) is 5.02 Å². The standard InChI is InChI=1S/C14H13ClF5N5O/c15-9-2-1-7(10(21)5-22-11(26)4-14(18,19)20)3-8(9)12-23-6-24-25(12)13(16)17/h1-3,6,10,13H,4-5,21H2,(H,22,26)/t10-/m1/s1. The molecule has 0 aliphatic rings. The number of amides is 1. The van der Waals surface area contributed by atoms with Gasteiger partial charge in [0.25, 0.3) is 0 Å². The van der Waals surface area contributed by atoms with Crippen LogP contribution in [0.4, 0.5) is 22.0 Å². The fraction of sp³-hybridized carbons (Fsp3) is 0.357. The van der Waals surface area contributed by atoms with Crippen molar-refractivity contribution in [3.05, 3.63) is 35.1 Å². The summed E-state index contributed by atoms with van der Waals surface area (Å²) < 4.78 is 62.6. The molecule has 1 amide bonds. The largest absolute Gasteiger partial charge is 0.397 e. The number of aromatic nitrogens is 3. The molecule has 1 aromatic carbocycles. The van der Waals surface area contributed by atoms with Gasteiger partial charge in [0.2, 0.25) is 5.91 Å². The fourth-order valence-corrected chi connectivity index (χ4v) is 2.32. The Balaban J connectivity index is 2.16. The van der Waals surface area contributed by atoms with E-state index in [1.165, 1.54) is 18.2 Å². The van der Waals surface area contributed by atoms with Gasteiger partial charge in [-0.15, -0.1) is 0 Å². The SMILES string of the molecule is N[C@H](CNC(=O)CC(F)(F)F)c1ccc(Cl)c(-c2ncnn2C(F)F)c1. The zero-order valence-electron chi connectivity index (χ0n) is 13.0. The summed E-state index contributed by atoms with van der Waals surface area (Å²) in [5, 5.41) is 5.58. The number of hydrogen-bond acceptors (Lipinski definition) is 4. The van der Waals surface area contributed by atoms with E-state index < -0.39 is 31.1 Å². The molecular formula is C14H13ClF5N5O. The van der Waals surface area contributed by atoms with Gasteiger partial charge in [0, 0.05) is 18.2 Å². The molecule has 2 aromatic rings.